The van der Waals surface area contributed by atoms with E-state index in [2.05, 4.69) is 17.6 Å². The number of hydrogen-bond donors (Lipinski definition) is 2. The minimum atomic E-state index is 0.0427. The van der Waals surface area contributed by atoms with Gasteiger partial charge in [-0.05, 0) is 50.3 Å². The van der Waals surface area contributed by atoms with Gasteiger partial charge in [-0.15, -0.1) is 0 Å². The van der Waals surface area contributed by atoms with E-state index in [4.69, 9.17) is 0 Å². The van der Waals surface area contributed by atoms with E-state index in [1.807, 2.05) is 31.2 Å². The summed E-state index contributed by atoms with van der Waals surface area (Å²) in [5.41, 5.74) is 2.07. The lowest BCUT2D eigenvalue weighted by Crippen LogP contribution is -2.33. The number of nitrogens with one attached hydrogen (secondary N) is 2. The Labute approximate surface area is 128 Å². The molecule has 0 heterocycles. The largest absolute Gasteiger partial charge is 0.325 e. The summed E-state index contributed by atoms with van der Waals surface area (Å²) in [5.74, 6) is 1.73. The second-order valence-electron chi connectivity index (χ2n) is 6.34. The first-order chi connectivity index (χ1) is 10.2. The smallest absolute Gasteiger partial charge is 0.238 e. The third-order valence-electron chi connectivity index (χ3n) is 4.60. The third-order valence-corrected chi connectivity index (χ3v) is 4.60. The summed E-state index contributed by atoms with van der Waals surface area (Å²) in [6, 6.07) is 7.91. The van der Waals surface area contributed by atoms with Gasteiger partial charge in [-0.25, -0.2) is 0 Å². The van der Waals surface area contributed by atoms with Gasteiger partial charge in [0.2, 0.25) is 5.91 Å². The van der Waals surface area contributed by atoms with E-state index in [9.17, 15) is 4.79 Å². The average Bonchev–Trinajstić information content (AvgIpc) is 2.50. The predicted octanol–water partition coefficient (Wildman–Crippen LogP) is 3.74. The van der Waals surface area contributed by atoms with Crippen LogP contribution in [0.2, 0.25) is 0 Å². The van der Waals surface area contributed by atoms with E-state index in [1.54, 1.807) is 0 Å². The van der Waals surface area contributed by atoms with Crippen LogP contribution in [-0.4, -0.2) is 19.0 Å². The quantitative estimate of drug-likeness (QED) is 0.837. The normalized spacial score (nSPS) is 22.0. The van der Waals surface area contributed by atoms with Crippen molar-refractivity contribution >= 4 is 11.6 Å². The van der Waals surface area contributed by atoms with Gasteiger partial charge in [0.15, 0.2) is 0 Å². The van der Waals surface area contributed by atoms with Gasteiger partial charge in [-0.2, -0.15) is 0 Å². The molecule has 0 unspecified atom stereocenters. The van der Waals surface area contributed by atoms with Gasteiger partial charge in [0.1, 0.15) is 0 Å². The summed E-state index contributed by atoms with van der Waals surface area (Å²) in [6.45, 7) is 5.71. The summed E-state index contributed by atoms with van der Waals surface area (Å²) < 4.78 is 0. The molecule has 1 aliphatic carbocycles. The Balaban J connectivity index is 1.62. The van der Waals surface area contributed by atoms with Gasteiger partial charge < -0.3 is 10.6 Å². The van der Waals surface area contributed by atoms with Crippen molar-refractivity contribution in [3.05, 3.63) is 29.8 Å². The number of carbonyl (C=O) groups excluding carboxylic acids is 1. The standard InChI is InChI=1S/C18H28N2O/c1-3-15-6-8-16(9-7-15)12-19-13-18(21)20-17-10-4-14(2)5-11-17/h4-5,10-11,15-16,19H,3,6-9,12-13H2,1-2H3,(H,20,21). The lowest BCUT2D eigenvalue weighted by atomic mass is 9.81. The fourth-order valence-corrected chi connectivity index (χ4v) is 3.08. The molecule has 1 aromatic rings. The number of benzene rings is 1. The Morgan fingerprint density at radius 1 is 1.10 bits per heavy atom. The SMILES string of the molecule is CCC1CCC(CNCC(=O)Nc2ccc(C)cc2)CC1. The van der Waals surface area contributed by atoms with Crippen LogP contribution in [0, 0.1) is 18.8 Å². The molecule has 0 spiro atoms. The zero-order chi connectivity index (χ0) is 15.1. The maximum atomic E-state index is 11.9. The summed E-state index contributed by atoms with van der Waals surface area (Å²) in [7, 11) is 0. The molecule has 1 fully saturated rings. The van der Waals surface area contributed by atoms with Crippen molar-refractivity contribution in [2.45, 2.75) is 46.0 Å². The second kappa shape index (κ2) is 8.18. The molecule has 0 radical (unpaired) electrons. The molecule has 3 nitrogen and oxygen atoms in total. The van der Waals surface area contributed by atoms with Gasteiger partial charge in [-0.1, -0.05) is 43.9 Å². The minimum Gasteiger partial charge on any atom is -0.325 e. The highest BCUT2D eigenvalue weighted by atomic mass is 16.1. The van der Waals surface area contributed by atoms with Gasteiger partial charge in [0.25, 0.3) is 0 Å². The molecule has 116 valence electrons. The maximum Gasteiger partial charge on any atom is 0.238 e. The number of amides is 1. The molecule has 1 amide bonds. The summed E-state index contributed by atoms with van der Waals surface area (Å²) in [6.07, 6.45) is 6.66. The molecular weight excluding hydrogens is 260 g/mol. The van der Waals surface area contributed by atoms with E-state index in [0.717, 1.165) is 24.1 Å². The van der Waals surface area contributed by atoms with Crippen molar-refractivity contribution in [1.29, 1.82) is 0 Å². The first-order valence-corrected chi connectivity index (χ1v) is 8.24. The Bertz CT molecular complexity index is 433. The van der Waals surface area contributed by atoms with Crippen molar-refractivity contribution in [1.82, 2.24) is 5.32 Å². The summed E-state index contributed by atoms with van der Waals surface area (Å²) in [5, 5.41) is 6.23. The molecular formula is C18H28N2O. The van der Waals surface area contributed by atoms with E-state index < -0.39 is 0 Å². The molecule has 21 heavy (non-hydrogen) atoms. The number of carbonyl (C=O) groups is 1. The molecule has 2 N–H and O–H groups in total. The van der Waals surface area contributed by atoms with Crippen LogP contribution in [-0.2, 0) is 4.79 Å². The molecule has 0 saturated heterocycles. The summed E-state index contributed by atoms with van der Waals surface area (Å²) >= 11 is 0. The number of anilines is 1. The molecule has 1 saturated carbocycles. The highest BCUT2D eigenvalue weighted by Gasteiger charge is 2.19. The Morgan fingerprint density at radius 3 is 2.33 bits per heavy atom. The molecule has 0 bridgehead atoms. The molecule has 1 aromatic carbocycles. The van der Waals surface area contributed by atoms with E-state index in [-0.39, 0.29) is 5.91 Å². The lowest BCUT2D eigenvalue weighted by molar-refractivity contribution is -0.115. The molecule has 3 heteroatoms. The van der Waals surface area contributed by atoms with Crippen LogP contribution < -0.4 is 10.6 Å². The van der Waals surface area contributed by atoms with Crippen molar-refractivity contribution in [2.75, 3.05) is 18.4 Å². The highest BCUT2D eigenvalue weighted by Crippen LogP contribution is 2.29. The first kappa shape index (κ1) is 16.0. The third kappa shape index (κ3) is 5.50. The van der Waals surface area contributed by atoms with Crippen LogP contribution in [0.3, 0.4) is 0 Å². The fourth-order valence-electron chi connectivity index (χ4n) is 3.08. The van der Waals surface area contributed by atoms with Crippen molar-refractivity contribution < 1.29 is 4.79 Å². The Kier molecular flexibility index (Phi) is 6.24. The van der Waals surface area contributed by atoms with Gasteiger partial charge in [0.05, 0.1) is 6.54 Å². The van der Waals surface area contributed by atoms with Crippen LogP contribution in [0.15, 0.2) is 24.3 Å². The predicted molar refractivity (Wildman–Crippen MR) is 88.4 cm³/mol. The summed E-state index contributed by atoms with van der Waals surface area (Å²) in [4.78, 5) is 11.9. The van der Waals surface area contributed by atoms with Gasteiger partial charge in [-0.3, -0.25) is 4.79 Å². The van der Waals surface area contributed by atoms with Gasteiger partial charge in [0, 0.05) is 5.69 Å². The zero-order valence-corrected chi connectivity index (χ0v) is 13.3. The first-order valence-electron chi connectivity index (χ1n) is 8.24. The molecule has 0 atom stereocenters. The molecule has 1 aliphatic rings. The Morgan fingerprint density at radius 2 is 1.71 bits per heavy atom. The van der Waals surface area contributed by atoms with Crippen LogP contribution in [0.25, 0.3) is 0 Å². The monoisotopic (exact) mass is 288 g/mol. The zero-order valence-electron chi connectivity index (χ0n) is 13.3. The molecule has 2 rings (SSSR count). The lowest BCUT2D eigenvalue weighted by Gasteiger charge is -2.27. The highest BCUT2D eigenvalue weighted by molar-refractivity contribution is 5.92. The van der Waals surface area contributed by atoms with Crippen molar-refractivity contribution in [2.24, 2.45) is 11.8 Å². The maximum absolute atomic E-state index is 11.9. The number of hydrogen-bond acceptors (Lipinski definition) is 2. The van der Waals surface area contributed by atoms with Crippen LogP contribution >= 0.6 is 0 Å². The number of rotatable bonds is 6. The molecule has 0 aromatic heterocycles. The van der Waals surface area contributed by atoms with Crippen molar-refractivity contribution in [3.8, 4) is 0 Å². The fraction of sp³-hybridized carbons (Fsp3) is 0.611. The average molecular weight is 288 g/mol. The number of aryl methyl sites for hydroxylation is 1. The van der Waals surface area contributed by atoms with Crippen molar-refractivity contribution in [3.63, 3.8) is 0 Å². The van der Waals surface area contributed by atoms with Crippen LogP contribution in [0.5, 0.6) is 0 Å². The Hall–Kier alpha value is -1.35. The van der Waals surface area contributed by atoms with E-state index in [0.29, 0.717) is 6.54 Å². The minimum absolute atomic E-state index is 0.0427. The second-order valence-corrected chi connectivity index (χ2v) is 6.34. The van der Waals surface area contributed by atoms with Crippen LogP contribution in [0.4, 0.5) is 5.69 Å². The molecule has 0 aliphatic heterocycles. The topological polar surface area (TPSA) is 41.1 Å². The van der Waals surface area contributed by atoms with E-state index >= 15 is 0 Å². The van der Waals surface area contributed by atoms with Crippen LogP contribution in [0.1, 0.15) is 44.6 Å². The van der Waals surface area contributed by atoms with E-state index in [1.165, 1.54) is 37.7 Å². The van der Waals surface area contributed by atoms with Gasteiger partial charge >= 0.3 is 0 Å².